The number of fused-ring (bicyclic) bond motifs is 1. The zero-order valence-corrected chi connectivity index (χ0v) is 23.1. The number of rotatable bonds is 7. The lowest BCUT2D eigenvalue weighted by Crippen LogP contribution is -2.39. The van der Waals surface area contributed by atoms with Crippen LogP contribution in [0.25, 0.3) is 16.8 Å². The highest BCUT2D eigenvalue weighted by Gasteiger charge is 2.41. The van der Waals surface area contributed by atoms with Crippen LogP contribution in [0, 0.1) is 5.92 Å². The number of pyridine rings is 1. The normalized spacial score (nSPS) is 19.7. The van der Waals surface area contributed by atoms with Gasteiger partial charge in [0.1, 0.15) is 5.82 Å². The summed E-state index contributed by atoms with van der Waals surface area (Å²) in [6.45, 7) is 8.07. The van der Waals surface area contributed by atoms with E-state index in [4.69, 9.17) is 0 Å². The lowest BCUT2D eigenvalue weighted by molar-refractivity contribution is -0.117. The van der Waals surface area contributed by atoms with Gasteiger partial charge in [0.15, 0.2) is 0 Å². The molecule has 2 aliphatic rings. The molecule has 10 heteroatoms. The highest BCUT2D eigenvalue weighted by atomic mass is 127. The molecule has 188 valence electrons. The first-order valence-electron chi connectivity index (χ1n) is 11.8. The number of alkyl halides is 1. The van der Waals surface area contributed by atoms with Gasteiger partial charge in [-0.15, -0.1) is 0 Å². The van der Waals surface area contributed by atoms with E-state index in [2.05, 4.69) is 49.8 Å². The predicted octanol–water partition coefficient (Wildman–Crippen LogP) is 5.15. The molecule has 0 saturated heterocycles. The lowest BCUT2D eigenvalue weighted by Gasteiger charge is -2.29. The molecule has 1 saturated carbocycles. The van der Waals surface area contributed by atoms with Crippen molar-refractivity contribution >= 4 is 61.3 Å². The number of carbonyl (C=O) groups excluding carboxylic acids is 1. The summed E-state index contributed by atoms with van der Waals surface area (Å²) in [6, 6.07) is 13.5. The molecule has 1 aliphatic carbocycles. The van der Waals surface area contributed by atoms with Crippen molar-refractivity contribution in [1.82, 2.24) is 14.3 Å². The number of hydrogen-bond donors (Lipinski definition) is 3. The minimum Gasteiger partial charge on any atom is -0.355 e. The fourth-order valence-corrected chi connectivity index (χ4v) is 6.49. The van der Waals surface area contributed by atoms with Crippen molar-refractivity contribution in [2.24, 2.45) is 5.92 Å². The number of nitrogens with zero attached hydrogens (tertiary/aromatic N) is 2. The smallest absolute Gasteiger partial charge is 0.229 e. The molecule has 5 rings (SSSR count). The molecule has 36 heavy (non-hydrogen) atoms. The number of H-pyrrole nitrogens is 1. The lowest BCUT2D eigenvalue weighted by atomic mass is 10.0. The third kappa shape index (κ3) is 4.81. The molecule has 3 N–H and O–H groups in total. The molecule has 0 bridgehead atoms. The molecule has 2 aromatic heterocycles. The Morgan fingerprint density at radius 3 is 2.61 bits per heavy atom. The van der Waals surface area contributed by atoms with Crippen LogP contribution in [-0.4, -0.2) is 44.3 Å². The van der Waals surface area contributed by atoms with E-state index in [9.17, 15) is 13.2 Å². The van der Waals surface area contributed by atoms with Gasteiger partial charge < -0.3 is 15.6 Å². The van der Waals surface area contributed by atoms with Crippen LogP contribution >= 0.6 is 22.6 Å². The van der Waals surface area contributed by atoms with E-state index in [1.807, 2.05) is 42.5 Å². The number of halogens is 1. The Kier molecular flexibility index (Phi) is 6.69. The van der Waals surface area contributed by atoms with Crippen molar-refractivity contribution in [3.05, 3.63) is 66.5 Å². The van der Waals surface area contributed by atoms with Gasteiger partial charge in [-0.2, -0.15) is 4.31 Å². The topological polar surface area (TPSA) is 107 Å². The number of amides is 1. The second-order valence-corrected chi connectivity index (χ2v) is 13.6. The predicted molar refractivity (Wildman–Crippen MR) is 152 cm³/mol. The molecule has 1 amide bonds. The molecular weight excluding hydrogens is 589 g/mol. The summed E-state index contributed by atoms with van der Waals surface area (Å²) in [7, 11) is -3.46. The second kappa shape index (κ2) is 9.64. The summed E-state index contributed by atoms with van der Waals surface area (Å²) in [5.74, 6) is 0.492. The minimum atomic E-state index is -3.46. The van der Waals surface area contributed by atoms with Crippen LogP contribution < -0.4 is 10.6 Å². The number of para-hydroxylation sites is 1. The average molecular weight is 618 g/mol. The van der Waals surface area contributed by atoms with E-state index in [1.54, 1.807) is 20.0 Å². The van der Waals surface area contributed by atoms with Crippen molar-refractivity contribution in [3.8, 4) is 11.3 Å². The van der Waals surface area contributed by atoms with Gasteiger partial charge >= 0.3 is 0 Å². The number of carbonyl (C=O) groups is 1. The first-order chi connectivity index (χ1) is 17.1. The van der Waals surface area contributed by atoms with E-state index in [-0.39, 0.29) is 24.9 Å². The minimum absolute atomic E-state index is 0.0182. The number of nitrogens with one attached hydrogen (secondary N) is 3. The van der Waals surface area contributed by atoms with Crippen molar-refractivity contribution < 1.29 is 13.2 Å². The van der Waals surface area contributed by atoms with Crippen LogP contribution in [0.15, 0.2) is 55.2 Å². The fourth-order valence-electron chi connectivity index (χ4n) is 4.38. The van der Waals surface area contributed by atoms with Gasteiger partial charge in [0, 0.05) is 39.2 Å². The molecule has 1 aliphatic heterocycles. The summed E-state index contributed by atoms with van der Waals surface area (Å²) in [4.78, 5) is 20.3. The number of sulfonamides is 1. The highest BCUT2D eigenvalue weighted by molar-refractivity contribution is 14.1. The number of benzene rings is 1. The van der Waals surface area contributed by atoms with Crippen LogP contribution in [0.3, 0.4) is 0 Å². The van der Waals surface area contributed by atoms with Crippen LogP contribution in [-0.2, 0) is 21.4 Å². The number of aromatic nitrogens is 2. The maximum absolute atomic E-state index is 12.9. The summed E-state index contributed by atoms with van der Waals surface area (Å²) in [6.07, 6.45) is 2.55. The van der Waals surface area contributed by atoms with Gasteiger partial charge in [0.05, 0.1) is 29.1 Å². The van der Waals surface area contributed by atoms with Gasteiger partial charge in [-0.05, 0) is 50.1 Å². The van der Waals surface area contributed by atoms with Gasteiger partial charge in [-0.1, -0.05) is 47.4 Å². The van der Waals surface area contributed by atoms with Crippen molar-refractivity contribution in [1.29, 1.82) is 0 Å². The quantitative estimate of drug-likeness (QED) is 0.251. The SMILES string of the molecule is C=C1CN(S(=O)(=O)C(C)C)Cc2[nH]c(-c3ccnc(NC(=O)[C@@H]4C[C@@H]4I)c3)c(Nc3ccccc3)c21. The zero-order valence-electron chi connectivity index (χ0n) is 20.1. The Bertz CT molecular complexity index is 1440. The zero-order chi connectivity index (χ0) is 25.6. The first-order valence-corrected chi connectivity index (χ1v) is 14.6. The second-order valence-electron chi connectivity index (χ2n) is 9.46. The Hall–Kier alpha value is -2.70. The van der Waals surface area contributed by atoms with Crippen molar-refractivity contribution in [2.45, 2.75) is 36.0 Å². The van der Waals surface area contributed by atoms with E-state index in [1.165, 1.54) is 4.31 Å². The largest absolute Gasteiger partial charge is 0.355 e. The molecule has 0 unspecified atom stereocenters. The summed E-state index contributed by atoms with van der Waals surface area (Å²) >= 11 is 2.29. The molecule has 3 heterocycles. The molecular formula is C26H28IN5O3S. The number of anilines is 3. The summed E-state index contributed by atoms with van der Waals surface area (Å²) in [5, 5.41) is 5.92. The Morgan fingerprint density at radius 1 is 1.22 bits per heavy atom. The molecule has 0 radical (unpaired) electrons. The highest BCUT2D eigenvalue weighted by Crippen LogP contribution is 2.43. The standard InChI is InChI=1S/C26H28IN5O3S/c1-15(2)36(34,35)32-13-16(3)23-21(14-32)30-24(25(23)29-18-7-5-4-6-8-18)17-9-10-28-22(11-17)31-26(33)19-12-20(19)27/h4-11,15,19-20,29-30H,3,12-14H2,1-2H3,(H,28,31,33)/t19-,20+/m1/s1. The van der Waals surface area contributed by atoms with Crippen molar-refractivity contribution in [3.63, 3.8) is 0 Å². The van der Waals surface area contributed by atoms with E-state index in [0.29, 0.717) is 15.3 Å². The van der Waals surface area contributed by atoms with Crippen molar-refractivity contribution in [2.75, 3.05) is 17.2 Å². The maximum atomic E-state index is 12.9. The van der Waals surface area contributed by atoms with Crippen LogP contribution in [0.5, 0.6) is 0 Å². The van der Waals surface area contributed by atoms with Gasteiger partial charge in [-0.3, -0.25) is 4.79 Å². The van der Waals surface area contributed by atoms with Crippen LogP contribution in [0.1, 0.15) is 31.5 Å². The average Bonchev–Trinajstić information content (AvgIpc) is 3.47. The maximum Gasteiger partial charge on any atom is 0.229 e. The van der Waals surface area contributed by atoms with Gasteiger partial charge in [0.2, 0.25) is 15.9 Å². The van der Waals surface area contributed by atoms with Crippen LogP contribution in [0.2, 0.25) is 0 Å². The molecule has 3 aromatic rings. The Balaban J connectivity index is 1.56. The summed E-state index contributed by atoms with van der Waals surface area (Å²) in [5.41, 5.74) is 5.70. The Labute approximate surface area is 224 Å². The molecule has 1 fully saturated rings. The third-order valence-corrected chi connectivity index (χ3v) is 10.0. The van der Waals surface area contributed by atoms with E-state index in [0.717, 1.165) is 40.3 Å². The van der Waals surface area contributed by atoms with Gasteiger partial charge in [0.25, 0.3) is 0 Å². The molecule has 0 spiro atoms. The summed E-state index contributed by atoms with van der Waals surface area (Å²) < 4.78 is 27.7. The van der Waals surface area contributed by atoms with Crippen LogP contribution in [0.4, 0.5) is 17.2 Å². The van der Waals surface area contributed by atoms with E-state index < -0.39 is 15.3 Å². The molecule has 8 nitrogen and oxygen atoms in total. The first kappa shape index (κ1) is 25.0. The van der Waals surface area contributed by atoms with Gasteiger partial charge in [-0.25, -0.2) is 13.4 Å². The van der Waals surface area contributed by atoms with E-state index >= 15 is 0 Å². The third-order valence-electron chi connectivity index (χ3n) is 6.48. The number of aromatic amines is 1. The molecule has 2 atom stereocenters. The Morgan fingerprint density at radius 2 is 1.94 bits per heavy atom. The fraction of sp³-hybridized carbons (Fsp3) is 0.308. The monoisotopic (exact) mass is 617 g/mol. The molecule has 1 aromatic carbocycles. The number of hydrogen-bond acceptors (Lipinski definition) is 5.